The fourth-order valence-corrected chi connectivity index (χ4v) is 3.58. The van der Waals surface area contributed by atoms with Gasteiger partial charge in [-0.05, 0) is 37.6 Å². The van der Waals surface area contributed by atoms with Crippen molar-refractivity contribution in [3.63, 3.8) is 0 Å². The summed E-state index contributed by atoms with van der Waals surface area (Å²) in [7, 11) is 0. The number of nitrogens with one attached hydrogen (secondary N) is 1. The summed E-state index contributed by atoms with van der Waals surface area (Å²) in [5.74, 6) is 2.85. The first kappa shape index (κ1) is 11.9. The van der Waals surface area contributed by atoms with Gasteiger partial charge >= 0.3 is 0 Å². The van der Waals surface area contributed by atoms with E-state index in [1.807, 2.05) is 0 Å². The van der Waals surface area contributed by atoms with Crippen LogP contribution in [-0.4, -0.2) is 34.0 Å². The molecule has 4 rings (SSSR count). The average Bonchev–Trinajstić information content (AvgIpc) is 2.84. The Labute approximate surface area is 117 Å². The van der Waals surface area contributed by atoms with Crippen molar-refractivity contribution in [1.82, 2.24) is 14.1 Å². The van der Waals surface area contributed by atoms with Crippen LogP contribution in [0.2, 0.25) is 0 Å². The number of hydrogen-bond donors (Lipinski definition) is 1. The molecule has 1 N–H and O–H groups in total. The van der Waals surface area contributed by atoms with E-state index >= 15 is 0 Å². The minimum absolute atomic E-state index is 0.244. The number of ether oxygens (including phenoxy) is 2. The molecule has 0 radical (unpaired) electrons. The van der Waals surface area contributed by atoms with Gasteiger partial charge in [0.05, 0.1) is 18.3 Å². The minimum Gasteiger partial charge on any atom is -0.473 e. The molecule has 3 atom stereocenters. The summed E-state index contributed by atoms with van der Waals surface area (Å²) in [6, 6.07) is 0.492. The van der Waals surface area contributed by atoms with Gasteiger partial charge < -0.3 is 14.8 Å². The molecular formula is C13H19N3O2S. The van der Waals surface area contributed by atoms with Gasteiger partial charge in [-0.15, -0.1) is 8.75 Å². The number of nitrogens with zero attached hydrogens (tertiary/aromatic N) is 2. The van der Waals surface area contributed by atoms with Crippen molar-refractivity contribution in [2.75, 3.05) is 13.2 Å². The Hall–Kier alpha value is -0.880. The van der Waals surface area contributed by atoms with Crippen LogP contribution in [0.25, 0.3) is 0 Å². The van der Waals surface area contributed by atoms with Crippen LogP contribution in [0.1, 0.15) is 32.1 Å². The van der Waals surface area contributed by atoms with Crippen LogP contribution in [0.3, 0.4) is 0 Å². The average molecular weight is 281 g/mol. The lowest BCUT2D eigenvalue weighted by molar-refractivity contribution is 0.144. The van der Waals surface area contributed by atoms with Gasteiger partial charge in [0.15, 0.2) is 0 Å². The van der Waals surface area contributed by atoms with Crippen molar-refractivity contribution < 1.29 is 9.47 Å². The summed E-state index contributed by atoms with van der Waals surface area (Å²) in [5.41, 5.74) is 0. The summed E-state index contributed by atoms with van der Waals surface area (Å²) in [6.07, 6.45) is 6.47. The van der Waals surface area contributed by atoms with Crippen LogP contribution in [-0.2, 0) is 0 Å². The molecule has 1 saturated heterocycles. The summed E-state index contributed by atoms with van der Waals surface area (Å²) in [4.78, 5) is 0. The molecule has 2 bridgehead atoms. The molecule has 0 amide bonds. The predicted octanol–water partition coefficient (Wildman–Crippen LogP) is 1.85. The maximum Gasteiger partial charge on any atom is 0.291 e. The summed E-state index contributed by atoms with van der Waals surface area (Å²) in [5, 5.41) is 3.49. The Morgan fingerprint density at radius 2 is 2.11 bits per heavy atom. The van der Waals surface area contributed by atoms with Gasteiger partial charge in [0.1, 0.15) is 6.10 Å². The molecule has 1 aliphatic heterocycles. The van der Waals surface area contributed by atoms with Gasteiger partial charge in [0.25, 0.3) is 11.8 Å². The zero-order chi connectivity index (χ0) is 12.7. The van der Waals surface area contributed by atoms with Crippen molar-refractivity contribution >= 4 is 11.7 Å². The lowest BCUT2D eigenvalue weighted by Crippen LogP contribution is -2.40. The minimum atomic E-state index is 0.244. The van der Waals surface area contributed by atoms with E-state index in [0.717, 1.165) is 37.8 Å². The molecule has 3 fully saturated rings. The lowest BCUT2D eigenvalue weighted by Gasteiger charge is -2.22. The second kappa shape index (κ2) is 4.90. The fourth-order valence-electron chi connectivity index (χ4n) is 3.13. The van der Waals surface area contributed by atoms with E-state index in [-0.39, 0.29) is 6.10 Å². The highest BCUT2D eigenvalue weighted by molar-refractivity contribution is 6.99. The molecule has 0 spiro atoms. The van der Waals surface area contributed by atoms with Crippen LogP contribution in [0, 0.1) is 11.8 Å². The molecular weight excluding hydrogens is 262 g/mol. The van der Waals surface area contributed by atoms with Crippen LogP contribution >= 0.6 is 11.7 Å². The largest absolute Gasteiger partial charge is 0.473 e. The molecule has 19 heavy (non-hydrogen) atoms. The van der Waals surface area contributed by atoms with Crippen molar-refractivity contribution in [2.24, 2.45) is 11.8 Å². The quantitative estimate of drug-likeness (QED) is 0.862. The number of piperidine rings is 1. The lowest BCUT2D eigenvalue weighted by atomic mass is 10.1. The standard InChI is InChI=1S/C13H19N3O2S/c1-2-8(1)3-4-17-12-13(16-19-15-12)18-11-6-9-5-10(11)14-7-9/h8-11,14H,1-7H2/t9-,10+,11+/m1/s1. The van der Waals surface area contributed by atoms with E-state index in [9.17, 15) is 0 Å². The van der Waals surface area contributed by atoms with Crippen molar-refractivity contribution in [3.05, 3.63) is 0 Å². The summed E-state index contributed by atoms with van der Waals surface area (Å²) >= 11 is 1.17. The molecule has 1 aromatic heterocycles. The Morgan fingerprint density at radius 1 is 1.21 bits per heavy atom. The van der Waals surface area contributed by atoms with Gasteiger partial charge in [-0.2, -0.15) is 0 Å². The van der Waals surface area contributed by atoms with Crippen molar-refractivity contribution in [1.29, 1.82) is 0 Å². The molecule has 0 unspecified atom stereocenters. The van der Waals surface area contributed by atoms with E-state index < -0.39 is 0 Å². The maximum atomic E-state index is 6.00. The topological polar surface area (TPSA) is 56.3 Å². The molecule has 2 aliphatic carbocycles. The highest BCUT2D eigenvalue weighted by Gasteiger charge is 2.41. The van der Waals surface area contributed by atoms with Crippen LogP contribution in [0.15, 0.2) is 0 Å². The number of hydrogen-bond acceptors (Lipinski definition) is 6. The molecule has 6 heteroatoms. The monoisotopic (exact) mass is 281 g/mol. The highest BCUT2D eigenvalue weighted by Crippen LogP contribution is 2.36. The molecule has 2 saturated carbocycles. The normalized spacial score (nSPS) is 32.7. The van der Waals surface area contributed by atoms with Crippen LogP contribution in [0.5, 0.6) is 11.8 Å². The van der Waals surface area contributed by atoms with Gasteiger partial charge in [-0.25, -0.2) is 0 Å². The molecule has 0 aromatic carbocycles. The molecule has 5 nitrogen and oxygen atoms in total. The summed E-state index contributed by atoms with van der Waals surface area (Å²) < 4.78 is 20.1. The molecule has 3 aliphatic rings. The number of rotatable bonds is 6. The molecule has 104 valence electrons. The van der Waals surface area contributed by atoms with Crippen LogP contribution < -0.4 is 14.8 Å². The van der Waals surface area contributed by atoms with Gasteiger partial charge in [-0.3, -0.25) is 0 Å². The molecule has 1 aromatic rings. The fraction of sp³-hybridized carbons (Fsp3) is 0.846. The predicted molar refractivity (Wildman–Crippen MR) is 71.7 cm³/mol. The SMILES string of the molecule is C(CC1CC1)Oc1nsnc1O[C@H]1C[C@@H]2CN[C@H]1C2. The zero-order valence-corrected chi connectivity index (χ0v) is 11.7. The smallest absolute Gasteiger partial charge is 0.291 e. The van der Waals surface area contributed by atoms with E-state index in [4.69, 9.17) is 9.47 Å². The zero-order valence-electron chi connectivity index (χ0n) is 10.9. The van der Waals surface area contributed by atoms with Gasteiger partial charge in [0.2, 0.25) is 0 Å². The van der Waals surface area contributed by atoms with Gasteiger partial charge in [0, 0.05) is 6.04 Å². The first-order valence-corrected chi connectivity index (χ1v) is 7.97. The van der Waals surface area contributed by atoms with E-state index in [0.29, 0.717) is 17.8 Å². The number of fused-ring (bicyclic) bond motifs is 2. The first-order valence-electron chi connectivity index (χ1n) is 7.24. The Bertz CT molecular complexity index is 449. The third-order valence-electron chi connectivity index (χ3n) is 4.43. The summed E-state index contributed by atoms with van der Waals surface area (Å²) in [6.45, 7) is 1.88. The van der Waals surface area contributed by atoms with E-state index in [1.165, 1.54) is 31.0 Å². The number of aromatic nitrogens is 2. The van der Waals surface area contributed by atoms with Crippen LogP contribution in [0.4, 0.5) is 0 Å². The maximum absolute atomic E-state index is 6.00. The van der Waals surface area contributed by atoms with Gasteiger partial charge in [-0.1, -0.05) is 12.8 Å². The molecule has 2 heterocycles. The second-order valence-corrected chi connectivity index (χ2v) is 6.49. The first-order chi connectivity index (χ1) is 9.38. The van der Waals surface area contributed by atoms with Crippen molar-refractivity contribution in [3.8, 4) is 11.8 Å². The van der Waals surface area contributed by atoms with Crippen molar-refractivity contribution in [2.45, 2.75) is 44.2 Å². The third kappa shape index (κ3) is 2.56. The Balaban J connectivity index is 1.34. The Morgan fingerprint density at radius 3 is 2.84 bits per heavy atom. The Kier molecular flexibility index (Phi) is 3.07. The second-order valence-electron chi connectivity index (χ2n) is 5.96. The van der Waals surface area contributed by atoms with E-state index in [2.05, 4.69) is 14.1 Å². The highest BCUT2D eigenvalue weighted by atomic mass is 32.1. The van der Waals surface area contributed by atoms with E-state index in [1.54, 1.807) is 0 Å². The third-order valence-corrected chi connectivity index (χ3v) is 4.92.